The zero-order chi connectivity index (χ0) is 24.2. The molecular formula is C29H27NO4S. The Morgan fingerprint density at radius 1 is 0.971 bits per heavy atom. The summed E-state index contributed by atoms with van der Waals surface area (Å²) < 4.78 is 5.63. The molecule has 3 unspecified atom stereocenters. The van der Waals surface area contributed by atoms with Gasteiger partial charge in [0.2, 0.25) is 5.91 Å². The second-order valence-corrected chi connectivity index (χ2v) is 10.0. The van der Waals surface area contributed by atoms with Gasteiger partial charge in [0.1, 0.15) is 12.3 Å². The van der Waals surface area contributed by atoms with Crippen molar-refractivity contribution in [3.63, 3.8) is 0 Å². The Balaban J connectivity index is 1.30. The van der Waals surface area contributed by atoms with Gasteiger partial charge in [0.05, 0.1) is 18.1 Å². The van der Waals surface area contributed by atoms with Crippen LogP contribution in [0.25, 0.3) is 0 Å². The lowest BCUT2D eigenvalue weighted by Crippen LogP contribution is -2.58. The van der Waals surface area contributed by atoms with Gasteiger partial charge >= 0.3 is 5.97 Å². The molecule has 2 heterocycles. The molecule has 2 aliphatic rings. The van der Waals surface area contributed by atoms with Gasteiger partial charge in [-0.1, -0.05) is 90.6 Å². The fourth-order valence-corrected chi connectivity index (χ4v) is 5.86. The highest BCUT2D eigenvalue weighted by Gasteiger charge is 2.55. The minimum absolute atomic E-state index is 0.0643. The van der Waals surface area contributed by atoms with Crippen molar-refractivity contribution in [2.24, 2.45) is 5.92 Å². The maximum atomic E-state index is 13.2. The van der Waals surface area contributed by atoms with Crippen LogP contribution in [0, 0.1) is 5.92 Å². The van der Waals surface area contributed by atoms with Crippen molar-refractivity contribution in [2.75, 3.05) is 0 Å². The van der Waals surface area contributed by atoms with Crippen LogP contribution >= 0.6 is 11.8 Å². The zero-order valence-electron chi connectivity index (χ0n) is 19.2. The van der Waals surface area contributed by atoms with Crippen LogP contribution in [-0.2, 0) is 20.9 Å². The Morgan fingerprint density at radius 3 is 2.29 bits per heavy atom. The first-order chi connectivity index (χ1) is 17.1. The predicted octanol–water partition coefficient (Wildman–Crippen LogP) is 5.48. The molecule has 0 aromatic heterocycles. The fourth-order valence-electron chi connectivity index (χ4n) is 4.75. The molecule has 6 heteroatoms. The summed E-state index contributed by atoms with van der Waals surface area (Å²) in [6.45, 7) is 0.159. The van der Waals surface area contributed by atoms with Crippen molar-refractivity contribution < 1.29 is 19.4 Å². The van der Waals surface area contributed by atoms with Crippen molar-refractivity contribution in [2.45, 2.75) is 42.9 Å². The number of fused-ring (bicyclic) bond motifs is 1. The van der Waals surface area contributed by atoms with Gasteiger partial charge in [-0.2, -0.15) is 0 Å². The number of ether oxygens (including phenoxy) is 1. The van der Waals surface area contributed by atoms with Crippen LogP contribution in [0.2, 0.25) is 0 Å². The van der Waals surface area contributed by atoms with E-state index in [1.165, 1.54) is 11.8 Å². The van der Waals surface area contributed by atoms with E-state index in [1.54, 1.807) is 4.90 Å². The molecule has 3 aromatic rings. The minimum Gasteiger partial charge on any atom is -0.456 e. The summed E-state index contributed by atoms with van der Waals surface area (Å²) in [4.78, 5) is 29.9. The maximum Gasteiger partial charge on any atom is 0.356 e. The van der Waals surface area contributed by atoms with E-state index in [1.807, 2.05) is 91.0 Å². The lowest BCUT2D eigenvalue weighted by Gasteiger charge is -2.43. The normalized spacial score (nSPS) is 19.8. The Morgan fingerprint density at radius 2 is 1.60 bits per heavy atom. The van der Waals surface area contributed by atoms with Crippen molar-refractivity contribution in [1.29, 1.82) is 0 Å². The number of thioether (sulfide) groups is 1. The number of aliphatic hydroxyl groups excluding tert-OH is 1. The number of hydrogen-bond acceptors (Lipinski definition) is 5. The summed E-state index contributed by atoms with van der Waals surface area (Å²) in [6, 6.07) is 28.8. The second-order valence-electron chi connectivity index (χ2n) is 8.84. The summed E-state index contributed by atoms with van der Waals surface area (Å²) in [5, 5.41) is 10.6. The summed E-state index contributed by atoms with van der Waals surface area (Å²) in [5.41, 5.74) is 2.12. The average molecular weight is 486 g/mol. The molecule has 3 aromatic carbocycles. The predicted molar refractivity (Wildman–Crippen MR) is 135 cm³/mol. The van der Waals surface area contributed by atoms with E-state index in [2.05, 4.69) is 0 Å². The van der Waals surface area contributed by atoms with Crippen LogP contribution in [0.4, 0.5) is 0 Å². The third kappa shape index (κ3) is 5.04. The number of rotatable bonds is 9. The number of carbonyl (C=O) groups excluding carboxylic acids is 2. The second kappa shape index (κ2) is 10.5. The highest BCUT2D eigenvalue weighted by Crippen LogP contribution is 2.49. The molecule has 1 amide bonds. The van der Waals surface area contributed by atoms with Crippen molar-refractivity contribution in [3.8, 4) is 0 Å². The Kier molecular flexibility index (Phi) is 7.02. The van der Waals surface area contributed by atoms with Crippen LogP contribution < -0.4 is 0 Å². The van der Waals surface area contributed by atoms with E-state index in [0.717, 1.165) is 20.9 Å². The van der Waals surface area contributed by atoms with Crippen molar-refractivity contribution in [3.05, 3.63) is 113 Å². The lowest BCUT2D eigenvalue weighted by atomic mass is 9.82. The van der Waals surface area contributed by atoms with Crippen LogP contribution in [0.15, 0.2) is 106 Å². The number of aliphatic hydroxyl groups is 1. The average Bonchev–Trinajstić information content (AvgIpc) is 3.23. The Bertz CT molecular complexity index is 1210. The standard InChI is InChI=1S/C29H27NO4S/c31-25(21-12-6-2-7-13-21)17-16-23-24-18-26(35-22-14-8-3-9-15-22)27(30(24)28(23)32)29(33)34-19-20-10-4-1-5-11-20/h1-15,23-25,31H,16-19H2. The number of hydrogen-bond donors (Lipinski definition) is 1. The first kappa shape index (κ1) is 23.4. The molecule has 35 heavy (non-hydrogen) atoms. The molecule has 1 N–H and O–H groups in total. The molecule has 5 nitrogen and oxygen atoms in total. The molecule has 178 valence electrons. The van der Waals surface area contributed by atoms with Crippen molar-refractivity contribution >= 4 is 23.6 Å². The van der Waals surface area contributed by atoms with Gasteiger partial charge in [0.25, 0.3) is 0 Å². The number of carbonyl (C=O) groups is 2. The SMILES string of the molecule is O=C(OCc1ccccc1)C1=C(Sc2ccccc2)CC2C(CCC(O)c3ccccc3)C(=O)N12. The van der Waals surface area contributed by atoms with E-state index < -0.39 is 12.1 Å². The first-order valence-electron chi connectivity index (χ1n) is 11.8. The molecular weight excluding hydrogens is 458 g/mol. The highest BCUT2D eigenvalue weighted by molar-refractivity contribution is 8.03. The van der Waals surface area contributed by atoms with Crippen molar-refractivity contribution in [1.82, 2.24) is 4.90 Å². The molecule has 1 saturated heterocycles. The van der Waals surface area contributed by atoms with Crippen LogP contribution in [0.1, 0.15) is 36.5 Å². The monoisotopic (exact) mass is 485 g/mol. The molecule has 0 saturated carbocycles. The molecule has 2 aliphatic heterocycles. The minimum atomic E-state index is -0.610. The molecule has 3 atom stereocenters. The third-order valence-electron chi connectivity index (χ3n) is 6.58. The van der Waals surface area contributed by atoms with E-state index in [4.69, 9.17) is 4.74 Å². The van der Waals surface area contributed by atoms with Gasteiger partial charge < -0.3 is 14.7 Å². The quantitative estimate of drug-likeness (QED) is 0.321. The van der Waals surface area contributed by atoms with Gasteiger partial charge in [-0.05, 0) is 36.1 Å². The van der Waals surface area contributed by atoms with E-state index >= 15 is 0 Å². The highest BCUT2D eigenvalue weighted by atomic mass is 32.2. The van der Waals surface area contributed by atoms with Gasteiger partial charge in [0, 0.05) is 16.2 Å². The number of esters is 1. The fraction of sp³-hybridized carbons (Fsp3) is 0.241. The van der Waals surface area contributed by atoms with Gasteiger partial charge in [-0.3, -0.25) is 4.79 Å². The Labute approximate surface area is 209 Å². The van der Waals surface area contributed by atoms with Gasteiger partial charge in [-0.25, -0.2) is 4.79 Å². The molecule has 0 spiro atoms. The smallest absolute Gasteiger partial charge is 0.356 e. The number of nitrogens with zero attached hydrogens (tertiary/aromatic N) is 1. The molecule has 0 bridgehead atoms. The molecule has 0 aliphatic carbocycles. The van der Waals surface area contributed by atoms with Gasteiger partial charge in [0.15, 0.2) is 0 Å². The third-order valence-corrected chi connectivity index (χ3v) is 7.69. The topological polar surface area (TPSA) is 66.8 Å². The molecule has 1 fully saturated rings. The molecule has 0 radical (unpaired) electrons. The van der Waals surface area contributed by atoms with E-state index in [0.29, 0.717) is 25.0 Å². The first-order valence-corrected chi connectivity index (χ1v) is 12.7. The number of β-lactam (4-membered cyclic amide) rings is 1. The van der Waals surface area contributed by atoms with E-state index in [-0.39, 0.29) is 24.5 Å². The Hall–Kier alpha value is -3.35. The van der Waals surface area contributed by atoms with Gasteiger partial charge in [-0.15, -0.1) is 0 Å². The maximum absolute atomic E-state index is 13.2. The number of amides is 1. The summed E-state index contributed by atoms with van der Waals surface area (Å²) in [6.07, 6.45) is 1.08. The largest absolute Gasteiger partial charge is 0.456 e. The molecule has 5 rings (SSSR count). The summed E-state index contributed by atoms with van der Waals surface area (Å²) in [7, 11) is 0. The van der Waals surface area contributed by atoms with Crippen LogP contribution in [0.5, 0.6) is 0 Å². The zero-order valence-corrected chi connectivity index (χ0v) is 20.1. The van der Waals surface area contributed by atoms with Crippen LogP contribution in [0.3, 0.4) is 0 Å². The number of benzene rings is 3. The lowest BCUT2D eigenvalue weighted by molar-refractivity contribution is -0.157. The van der Waals surface area contributed by atoms with E-state index in [9.17, 15) is 14.7 Å². The van der Waals surface area contributed by atoms with Crippen LogP contribution in [-0.4, -0.2) is 27.9 Å². The summed E-state index contributed by atoms with van der Waals surface area (Å²) >= 11 is 1.52. The summed E-state index contributed by atoms with van der Waals surface area (Å²) in [5.74, 6) is -0.740.